The Morgan fingerprint density at radius 3 is 2.68 bits per heavy atom. The predicted octanol–water partition coefficient (Wildman–Crippen LogP) is 0.0309. The maximum absolute atomic E-state index is 11.7. The van der Waals surface area contributed by atoms with E-state index in [1.54, 1.807) is 14.0 Å². The highest BCUT2D eigenvalue weighted by Gasteiger charge is 2.30. The van der Waals surface area contributed by atoms with Gasteiger partial charge in [-0.2, -0.15) is 0 Å². The lowest BCUT2D eigenvalue weighted by Gasteiger charge is -2.20. The van der Waals surface area contributed by atoms with Crippen molar-refractivity contribution >= 4 is 12.0 Å². The van der Waals surface area contributed by atoms with Crippen LogP contribution in [0, 0.1) is 0 Å². The molecular formula is C12H22N2O5. The van der Waals surface area contributed by atoms with Crippen molar-refractivity contribution < 1.29 is 24.5 Å². The molecule has 3 atom stereocenters. The molecule has 0 spiro atoms. The van der Waals surface area contributed by atoms with Crippen molar-refractivity contribution in [3.63, 3.8) is 0 Å². The van der Waals surface area contributed by atoms with Crippen LogP contribution < -0.4 is 5.32 Å². The van der Waals surface area contributed by atoms with Crippen LogP contribution in [-0.4, -0.2) is 65.6 Å². The molecule has 0 aromatic rings. The minimum Gasteiger partial charge on any atom is -0.479 e. The number of carbonyl (C=O) groups excluding carboxylic acids is 1. The number of ether oxygens (including phenoxy) is 1. The summed E-state index contributed by atoms with van der Waals surface area (Å²) < 4.78 is 5.28. The molecule has 1 heterocycles. The van der Waals surface area contributed by atoms with Crippen LogP contribution >= 0.6 is 0 Å². The maximum Gasteiger partial charge on any atom is 0.332 e. The van der Waals surface area contributed by atoms with Crippen molar-refractivity contribution in [1.29, 1.82) is 0 Å². The van der Waals surface area contributed by atoms with Crippen LogP contribution in [-0.2, 0) is 9.53 Å². The lowest BCUT2D eigenvalue weighted by molar-refractivity contribution is -0.149. The molecule has 0 aromatic carbocycles. The van der Waals surface area contributed by atoms with Gasteiger partial charge in [-0.15, -0.1) is 0 Å². The number of hydrogen-bond acceptors (Lipinski definition) is 4. The van der Waals surface area contributed by atoms with Crippen molar-refractivity contribution in [2.75, 3.05) is 20.1 Å². The molecule has 0 saturated carbocycles. The van der Waals surface area contributed by atoms with Gasteiger partial charge >= 0.3 is 12.0 Å². The molecule has 2 amide bonds. The van der Waals surface area contributed by atoms with E-state index >= 15 is 0 Å². The van der Waals surface area contributed by atoms with Crippen LogP contribution in [0.15, 0.2) is 0 Å². The molecule has 7 nitrogen and oxygen atoms in total. The second-order valence-corrected chi connectivity index (χ2v) is 4.91. The van der Waals surface area contributed by atoms with Gasteiger partial charge in [-0.05, 0) is 26.2 Å². The van der Waals surface area contributed by atoms with E-state index in [0.29, 0.717) is 32.4 Å². The smallest absolute Gasteiger partial charge is 0.332 e. The molecule has 0 radical (unpaired) electrons. The molecule has 7 heteroatoms. The standard InChI is InChI=1S/C12H22N2O5/c1-8(15)5-6-14(2)12(18)13-7-9-3-4-10(19-9)11(16)17/h8-10,15H,3-7H2,1-2H3,(H,13,18)(H,16,17). The van der Waals surface area contributed by atoms with E-state index in [2.05, 4.69) is 5.32 Å². The van der Waals surface area contributed by atoms with Crippen LogP contribution in [0.4, 0.5) is 4.79 Å². The zero-order valence-corrected chi connectivity index (χ0v) is 11.3. The van der Waals surface area contributed by atoms with Crippen LogP contribution in [0.5, 0.6) is 0 Å². The maximum atomic E-state index is 11.7. The molecule has 1 fully saturated rings. The first-order valence-corrected chi connectivity index (χ1v) is 6.45. The van der Waals surface area contributed by atoms with Crippen molar-refractivity contribution in [2.24, 2.45) is 0 Å². The van der Waals surface area contributed by atoms with E-state index in [-0.39, 0.29) is 12.1 Å². The van der Waals surface area contributed by atoms with E-state index in [9.17, 15) is 9.59 Å². The van der Waals surface area contributed by atoms with Crippen LogP contribution in [0.2, 0.25) is 0 Å². The lowest BCUT2D eigenvalue weighted by atomic mass is 10.2. The van der Waals surface area contributed by atoms with E-state index in [1.165, 1.54) is 4.90 Å². The van der Waals surface area contributed by atoms with Crippen molar-refractivity contribution in [3.8, 4) is 0 Å². The quantitative estimate of drug-likeness (QED) is 0.634. The van der Waals surface area contributed by atoms with Crippen molar-refractivity contribution in [1.82, 2.24) is 10.2 Å². The average Bonchev–Trinajstić information content (AvgIpc) is 2.81. The third kappa shape index (κ3) is 5.44. The first kappa shape index (κ1) is 15.7. The summed E-state index contributed by atoms with van der Waals surface area (Å²) in [6.07, 6.45) is 0.197. The Balaban J connectivity index is 2.21. The Labute approximate surface area is 112 Å². The Bertz CT molecular complexity index is 321. The van der Waals surface area contributed by atoms with Crippen LogP contribution in [0.3, 0.4) is 0 Å². The summed E-state index contributed by atoms with van der Waals surface area (Å²) in [6, 6.07) is -0.247. The topological polar surface area (TPSA) is 99.1 Å². The Morgan fingerprint density at radius 1 is 1.47 bits per heavy atom. The molecule has 3 unspecified atom stereocenters. The highest BCUT2D eigenvalue weighted by Crippen LogP contribution is 2.19. The number of nitrogens with one attached hydrogen (secondary N) is 1. The first-order chi connectivity index (χ1) is 8.90. The van der Waals surface area contributed by atoms with E-state index in [4.69, 9.17) is 14.9 Å². The number of urea groups is 1. The largest absolute Gasteiger partial charge is 0.479 e. The highest BCUT2D eigenvalue weighted by molar-refractivity contribution is 5.74. The van der Waals surface area contributed by atoms with Crippen LogP contribution in [0.25, 0.3) is 0 Å². The zero-order chi connectivity index (χ0) is 14.4. The summed E-state index contributed by atoms with van der Waals surface area (Å²) in [4.78, 5) is 23.9. The molecular weight excluding hydrogens is 252 g/mol. The highest BCUT2D eigenvalue weighted by atomic mass is 16.5. The van der Waals surface area contributed by atoms with Gasteiger partial charge in [0, 0.05) is 20.1 Å². The molecule has 1 aliphatic rings. The Morgan fingerprint density at radius 2 is 2.16 bits per heavy atom. The number of hydrogen-bond donors (Lipinski definition) is 3. The molecule has 1 rings (SSSR count). The SMILES string of the molecule is CC(O)CCN(C)C(=O)NCC1CCC(C(=O)O)O1. The second kappa shape index (κ2) is 7.30. The summed E-state index contributed by atoms with van der Waals surface area (Å²) >= 11 is 0. The van der Waals surface area contributed by atoms with Gasteiger partial charge < -0.3 is 25.2 Å². The lowest BCUT2D eigenvalue weighted by Crippen LogP contribution is -2.42. The minimum absolute atomic E-state index is 0.241. The molecule has 0 aliphatic carbocycles. The second-order valence-electron chi connectivity index (χ2n) is 4.91. The number of aliphatic carboxylic acids is 1. The normalized spacial score (nSPS) is 23.9. The van der Waals surface area contributed by atoms with Gasteiger partial charge in [0.2, 0.25) is 0 Å². The number of rotatable bonds is 6. The third-order valence-corrected chi connectivity index (χ3v) is 3.09. The van der Waals surface area contributed by atoms with Gasteiger partial charge in [-0.25, -0.2) is 9.59 Å². The summed E-state index contributed by atoms with van der Waals surface area (Å²) in [5.41, 5.74) is 0. The van der Waals surface area contributed by atoms with Crippen molar-refractivity contribution in [3.05, 3.63) is 0 Å². The molecule has 1 saturated heterocycles. The fraction of sp³-hybridized carbons (Fsp3) is 0.833. The number of nitrogens with zero attached hydrogens (tertiary/aromatic N) is 1. The summed E-state index contributed by atoms with van der Waals surface area (Å²) in [5, 5.41) is 20.6. The van der Waals surface area contributed by atoms with Gasteiger partial charge in [-0.1, -0.05) is 0 Å². The molecule has 19 heavy (non-hydrogen) atoms. The van der Waals surface area contributed by atoms with Gasteiger partial charge in [-0.3, -0.25) is 0 Å². The molecule has 3 N–H and O–H groups in total. The number of carbonyl (C=O) groups is 2. The zero-order valence-electron chi connectivity index (χ0n) is 11.3. The monoisotopic (exact) mass is 274 g/mol. The molecule has 1 aliphatic heterocycles. The van der Waals surface area contributed by atoms with E-state index < -0.39 is 18.2 Å². The number of aliphatic hydroxyl groups is 1. The minimum atomic E-state index is -0.956. The summed E-state index contributed by atoms with van der Waals surface area (Å²) in [6.45, 7) is 2.44. The first-order valence-electron chi connectivity index (χ1n) is 6.45. The van der Waals surface area contributed by atoms with Crippen molar-refractivity contribution in [2.45, 2.75) is 44.5 Å². The number of carboxylic acids is 1. The fourth-order valence-corrected chi connectivity index (χ4v) is 1.86. The number of carboxylic acid groups (broad SMARTS) is 1. The van der Waals surface area contributed by atoms with Gasteiger partial charge in [0.15, 0.2) is 6.10 Å². The third-order valence-electron chi connectivity index (χ3n) is 3.09. The predicted molar refractivity (Wildman–Crippen MR) is 67.9 cm³/mol. The molecule has 110 valence electrons. The Hall–Kier alpha value is -1.34. The molecule has 0 aromatic heterocycles. The van der Waals surface area contributed by atoms with E-state index in [0.717, 1.165) is 0 Å². The van der Waals surface area contributed by atoms with E-state index in [1.807, 2.05) is 0 Å². The summed E-state index contributed by atoms with van der Waals surface area (Å²) in [5.74, 6) is -0.956. The number of aliphatic hydroxyl groups excluding tert-OH is 1. The average molecular weight is 274 g/mol. The van der Waals surface area contributed by atoms with Gasteiger partial charge in [0.05, 0.1) is 12.2 Å². The fourth-order valence-electron chi connectivity index (χ4n) is 1.86. The van der Waals surface area contributed by atoms with Crippen LogP contribution in [0.1, 0.15) is 26.2 Å². The number of amides is 2. The molecule has 0 bridgehead atoms. The van der Waals surface area contributed by atoms with Gasteiger partial charge in [0.1, 0.15) is 0 Å². The Kier molecular flexibility index (Phi) is 6.04. The van der Waals surface area contributed by atoms with Gasteiger partial charge in [0.25, 0.3) is 0 Å². The summed E-state index contributed by atoms with van der Waals surface area (Å²) in [7, 11) is 1.65.